The Balaban J connectivity index is 1.53. The number of hydrogen-bond donors (Lipinski definition) is 1. The van der Waals surface area contributed by atoms with E-state index in [9.17, 15) is 4.79 Å². The fourth-order valence-corrected chi connectivity index (χ4v) is 2.88. The quantitative estimate of drug-likeness (QED) is 0.752. The molecule has 6 nitrogen and oxygen atoms in total. The zero-order valence-corrected chi connectivity index (χ0v) is 13.3. The molecule has 3 aromatic rings. The Morgan fingerprint density at radius 3 is 3.04 bits per heavy atom. The van der Waals surface area contributed by atoms with E-state index in [0.29, 0.717) is 12.3 Å². The van der Waals surface area contributed by atoms with E-state index in [4.69, 9.17) is 9.15 Å². The first-order valence-electron chi connectivity index (χ1n) is 7.02. The lowest BCUT2D eigenvalue weighted by molar-refractivity contribution is -0.123. The van der Waals surface area contributed by atoms with E-state index in [1.807, 2.05) is 19.1 Å². The Morgan fingerprint density at radius 1 is 1.39 bits per heavy atom. The zero-order chi connectivity index (χ0) is 16.1. The molecular formula is C16H15N3O3S. The minimum atomic E-state index is -0.193. The maximum Gasteiger partial charge on any atom is 0.258 e. The first kappa shape index (κ1) is 15.2. The highest BCUT2D eigenvalue weighted by Gasteiger charge is 2.12. The van der Waals surface area contributed by atoms with Crippen LogP contribution in [0.1, 0.15) is 10.6 Å². The van der Waals surface area contributed by atoms with E-state index in [-0.39, 0.29) is 12.5 Å². The van der Waals surface area contributed by atoms with E-state index >= 15 is 0 Å². The first-order valence-corrected chi connectivity index (χ1v) is 7.84. The molecule has 23 heavy (non-hydrogen) atoms. The molecule has 0 aliphatic rings. The van der Waals surface area contributed by atoms with E-state index in [2.05, 4.69) is 15.3 Å². The fourth-order valence-electron chi connectivity index (χ4n) is 1.91. The summed E-state index contributed by atoms with van der Waals surface area (Å²) >= 11 is 1.50. The number of hydrogen-bond acceptors (Lipinski definition) is 6. The highest BCUT2D eigenvalue weighted by molar-refractivity contribution is 7.15. The van der Waals surface area contributed by atoms with Crippen LogP contribution in [0.3, 0.4) is 0 Å². The molecule has 3 heterocycles. The molecule has 0 saturated heterocycles. The third-order valence-electron chi connectivity index (χ3n) is 3.08. The van der Waals surface area contributed by atoms with E-state index in [1.54, 1.807) is 30.8 Å². The number of aryl methyl sites for hydroxylation is 1. The molecular weight excluding hydrogens is 314 g/mol. The summed E-state index contributed by atoms with van der Waals surface area (Å²) in [5.74, 6) is 1.11. The molecule has 1 amide bonds. The van der Waals surface area contributed by atoms with Crippen molar-refractivity contribution in [3.8, 4) is 16.5 Å². The van der Waals surface area contributed by atoms with Crippen molar-refractivity contribution < 1.29 is 13.9 Å². The van der Waals surface area contributed by atoms with Crippen LogP contribution in [0.25, 0.3) is 10.8 Å². The van der Waals surface area contributed by atoms with Crippen molar-refractivity contribution >= 4 is 17.2 Å². The van der Waals surface area contributed by atoms with Gasteiger partial charge in [-0.1, -0.05) is 0 Å². The number of carbonyl (C=O) groups excluding carboxylic acids is 1. The van der Waals surface area contributed by atoms with Crippen molar-refractivity contribution in [1.29, 1.82) is 0 Å². The van der Waals surface area contributed by atoms with Crippen molar-refractivity contribution in [3.63, 3.8) is 0 Å². The lowest BCUT2D eigenvalue weighted by Gasteiger charge is -2.06. The number of furan rings is 1. The molecule has 0 spiro atoms. The van der Waals surface area contributed by atoms with Gasteiger partial charge in [0.1, 0.15) is 5.75 Å². The number of rotatable bonds is 6. The molecule has 0 aromatic carbocycles. The highest BCUT2D eigenvalue weighted by Crippen LogP contribution is 2.27. The maximum atomic E-state index is 11.8. The van der Waals surface area contributed by atoms with Crippen molar-refractivity contribution in [2.75, 3.05) is 6.61 Å². The predicted molar refractivity (Wildman–Crippen MR) is 86.1 cm³/mol. The van der Waals surface area contributed by atoms with Gasteiger partial charge in [-0.3, -0.25) is 9.78 Å². The molecule has 0 fully saturated rings. The summed E-state index contributed by atoms with van der Waals surface area (Å²) in [7, 11) is 0. The van der Waals surface area contributed by atoms with Crippen molar-refractivity contribution in [2.45, 2.75) is 13.5 Å². The monoisotopic (exact) mass is 329 g/mol. The van der Waals surface area contributed by atoms with E-state index in [0.717, 1.165) is 21.3 Å². The summed E-state index contributed by atoms with van der Waals surface area (Å²) in [6.07, 6.45) is 4.83. The molecule has 0 bridgehead atoms. The molecule has 3 rings (SSSR count). The summed E-state index contributed by atoms with van der Waals surface area (Å²) in [5.41, 5.74) is 0.884. The van der Waals surface area contributed by atoms with Gasteiger partial charge >= 0.3 is 0 Å². The molecule has 0 radical (unpaired) electrons. The molecule has 3 aromatic heterocycles. The maximum absolute atomic E-state index is 11.8. The van der Waals surface area contributed by atoms with E-state index < -0.39 is 0 Å². The number of nitrogens with zero attached hydrogens (tertiary/aromatic N) is 2. The topological polar surface area (TPSA) is 77.2 Å². The van der Waals surface area contributed by atoms with Crippen LogP contribution in [-0.2, 0) is 11.3 Å². The zero-order valence-electron chi connectivity index (χ0n) is 12.5. The summed E-state index contributed by atoms with van der Waals surface area (Å²) in [6, 6.07) is 7.19. The largest absolute Gasteiger partial charge is 0.482 e. The molecule has 0 unspecified atom stereocenters. The Morgan fingerprint density at radius 2 is 2.30 bits per heavy atom. The Kier molecular flexibility index (Phi) is 4.68. The fraction of sp³-hybridized carbons (Fsp3) is 0.188. The van der Waals surface area contributed by atoms with Gasteiger partial charge in [-0.05, 0) is 31.2 Å². The summed E-state index contributed by atoms with van der Waals surface area (Å²) in [5, 5.41) is 3.63. The van der Waals surface area contributed by atoms with Gasteiger partial charge in [0.15, 0.2) is 17.4 Å². The molecule has 0 atom stereocenters. The minimum absolute atomic E-state index is 0.0470. The van der Waals surface area contributed by atoms with Crippen molar-refractivity contribution in [2.24, 2.45) is 0 Å². The van der Waals surface area contributed by atoms with Crippen molar-refractivity contribution in [1.82, 2.24) is 15.3 Å². The Bertz CT molecular complexity index is 769. The Labute approximate surface area is 137 Å². The van der Waals surface area contributed by atoms with Gasteiger partial charge in [-0.25, -0.2) is 4.98 Å². The standard InChI is InChI=1S/C16H15N3O3S/c1-11-14(23-16(19-11)13-5-3-7-21-13)9-18-15(20)10-22-12-4-2-6-17-8-12/h2-8H,9-10H2,1H3,(H,18,20). The molecule has 118 valence electrons. The van der Waals surface area contributed by atoms with Gasteiger partial charge < -0.3 is 14.5 Å². The molecule has 0 aliphatic carbocycles. The number of aromatic nitrogens is 2. The lowest BCUT2D eigenvalue weighted by atomic mass is 10.4. The van der Waals surface area contributed by atoms with Gasteiger partial charge in [-0.15, -0.1) is 11.3 Å². The van der Waals surface area contributed by atoms with Gasteiger partial charge in [-0.2, -0.15) is 0 Å². The predicted octanol–water partition coefficient (Wildman–Crippen LogP) is 2.80. The number of thiazole rings is 1. The molecule has 0 aliphatic heterocycles. The van der Waals surface area contributed by atoms with Crippen LogP contribution in [0.4, 0.5) is 0 Å². The average Bonchev–Trinajstić information content (AvgIpc) is 3.21. The van der Waals surface area contributed by atoms with Crippen LogP contribution in [0.2, 0.25) is 0 Å². The minimum Gasteiger partial charge on any atom is -0.482 e. The SMILES string of the molecule is Cc1nc(-c2ccco2)sc1CNC(=O)COc1cccnc1. The summed E-state index contributed by atoms with van der Waals surface area (Å²) in [6.45, 7) is 2.28. The average molecular weight is 329 g/mol. The van der Waals surface area contributed by atoms with Gasteiger partial charge in [0.2, 0.25) is 0 Å². The number of carbonyl (C=O) groups is 1. The number of nitrogens with one attached hydrogen (secondary N) is 1. The lowest BCUT2D eigenvalue weighted by Crippen LogP contribution is -2.28. The smallest absolute Gasteiger partial charge is 0.258 e. The second kappa shape index (κ2) is 7.06. The number of ether oxygens (including phenoxy) is 1. The molecule has 7 heteroatoms. The van der Waals surface area contributed by atoms with E-state index in [1.165, 1.54) is 11.3 Å². The third-order valence-corrected chi connectivity index (χ3v) is 4.25. The van der Waals surface area contributed by atoms with Gasteiger partial charge in [0, 0.05) is 11.1 Å². The van der Waals surface area contributed by atoms with Crippen LogP contribution in [0, 0.1) is 6.92 Å². The molecule has 1 N–H and O–H groups in total. The number of pyridine rings is 1. The first-order chi connectivity index (χ1) is 11.2. The third kappa shape index (κ3) is 3.95. The number of amides is 1. The Hall–Kier alpha value is -2.67. The summed E-state index contributed by atoms with van der Waals surface area (Å²) in [4.78, 5) is 21.2. The normalized spacial score (nSPS) is 10.5. The molecule has 0 saturated carbocycles. The summed E-state index contributed by atoms with van der Waals surface area (Å²) < 4.78 is 10.7. The van der Waals surface area contributed by atoms with Gasteiger partial charge in [0.05, 0.1) is 24.7 Å². The van der Waals surface area contributed by atoms with Crippen LogP contribution in [0.15, 0.2) is 47.3 Å². The second-order valence-corrected chi connectivity index (χ2v) is 5.84. The van der Waals surface area contributed by atoms with Crippen LogP contribution < -0.4 is 10.1 Å². The van der Waals surface area contributed by atoms with Crippen LogP contribution in [-0.4, -0.2) is 22.5 Å². The second-order valence-electron chi connectivity index (χ2n) is 4.76. The van der Waals surface area contributed by atoms with Crippen LogP contribution in [0.5, 0.6) is 5.75 Å². The van der Waals surface area contributed by atoms with Gasteiger partial charge in [0.25, 0.3) is 5.91 Å². The van der Waals surface area contributed by atoms with Crippen LogP contribution >= 0.6 is 11.3 Å². The van der Waals surface area contributed by atoms with Crippen molar-refractivity contribution in [3.05, 3.63) is 53.5 Å². The highest BCUT2D eigenvalue weighted by atomic mass is 32.1.